The first kappa shape index (κ1) is 19.0. The third-order valence-corrected chi connectivity index (χ3v) is 5.10. The van der Waals surface area contributed by atoms with Gasteiger partial charge in [-0.3, -0.25) is 4.57 Å². The van der Waals surface area contributed by atoms with Crippen molar-refractivity contribution in [2.75, 3.05) is 7.11 Å². The fourth-order valence-corrected chi connectivity index (χ4v) is 3.57. The normalized spacial score (nSPS) is 11.6. The summed E-state index contributed by atoms with van der Waals surface area (Å²) < 4.78 is 6.73. The van der Waals surface area contributed by atoms with Crippen LogP contribution in [0.4, 0.5) is 0 Å². The number of aromatic amines is 1. The van der Waals surface area contributed by atoms with Crippen LogP contribution in [0.3, 0.4) is 0 Å². The van der Waals surface area contributed by atoms with Gasteiger partial charge < -0.3 is 19.9 Å². The predicted octanol–water partition coefficient (Wildman–Crippen LogP) is 4.16. The number of aromatic hydroxyl groups is 2. The van der Waals surface area contributed by atoms with Gasteiger partial charge in [-0.25, -0.2) is 0 Å². The second-order valence-corrected chi connectivity index (χ2v) is 7.47. The van der Waals surface area contributed by atoms with Gasteiger partial charge in [-0.2, -0.15) is 0 Å². The Morgan fingerprint density at radius 3 is 2.48 bits per heavy atom. The molecule has 0 spiro atoms. The molecule has 7 nitrogen and oxygen atoms in total. The molecule has 29 heavy (non-hydrogen) atoms. The van der Waals surface area contributed by atoms with Crippen molar-refractivity contribution < 1.29 is 14.9 Å². The molecule has 0 amide bonds. The van der Waals surface area contributed by atoms with Gasteiger partial charge >= 0.3 is 6.01 Å². The molecule has 4 rings (SSSR count). The molecule has 0 aliphatic heterocycles. The summed E-state index contributed by atoms with van der Waals surface area (Å²) in [5.74, 6) is 0.829. The fourth-order valence-electron chi connectivity index (χ4n) is 3.57. The highest BCUT2D eigenvalue weighted by atomic mass is 16.5. The lowest BCUT2D eigenvalue weighted by Crippen LogP contribution is -2.02. The van der Waals surface area contributed by atoms with Crippen molar-refractivity contribution in [2.45, 2.75) is 32.9 Å². The first-order chi connectivity index (χ1) is 14.0. The monoisotopic (exact) mass is 392 g/mol. The SMILES string of the molecule is COCc1ccc(Cn2c(O)nnc2-c2cc3c(C(C)C)c[nH]c3cc2O)cc1. The number of nitrogens with zero attached hydrogens (tertiary/aromatic N) is 3. The summed E-state index contributed by atoms with van der Waals surface area (Å²) in [7, 11) is 1.66. The van der Waals surface area contributed by atoms with Gasteiger partial charge in [0, 0.05) is 30.3 Å². The maximum Gasteiger partial charge on any atom is 0.315 e. The highest BCUT2D eigenvalue weighted by Crippen LogP contribution is 2.36. The number of hydrogen-bond acceptors (Lipinski definition) is 5. The van der Waals surface area contributed by atoms with E-state index < -0.39 is 0 Å². The molecule has 7 heteroatoms. The largest absolute Gasteiger partial charge is 0.507 e. The van der Waals surface area contributed by atoms with Gasteiger partial charge in [-0.15, -0.1) is 5.10 Å². The Morgan fingerprint density at radius 2 is 1.79 bits per heavy atom. The molecule has 0 aliphatic carbocycles. The molecule has 0 unspecified atom stereocenters. The zero-order chi connectivity index (χ0) is 20.5. The van der Waals surface area contributed by atoms with Crippen LogP contribution in [0.1, 0.15) is 36.5 Å². The molecule has 4 aromatic rings. The van der Waals surface area contributed by atoms with E-state index in [-0.39, 0.29) is 11.8 Å². The van der Waals surface area contributed by atoms with E-state index in [1.807, 2.05) is 36.5 Å². The Hall–Kier alpha value is -3.32. The molecule has 2 aromatic carbocycles. The van der Waals surface area contributed by atoms with E-state index in [9.17, 15) is 10.2 Å². The second kappa shape index (κ2) is 7.60. The third-order valence-electron chi connectivity index (χ3n) is 5.10. The van der Waals surface area contributed by atoms with E-state index in [1.165, 1.54) is 0 Å². The van der Waals surface area contributed by atoms with Crippen LogP contribution in [-0.4, -0.2) is 37.1 Å². The molecular weight excluding hydrogens is 368 g/mol. The Bertz CT molecular complexity index is 1140. The van der Waals surface area contributed by atoms with Crippen LogP contribution in [-0.2, 0) is 17.9 Å². The Morgan fingerprint density at radius 1 is 1.07 bits per heavy atom. The first-order valence-electron chi connectivity index (χ1n) is 9.51. The van der Waals surface area contributed by atoms with E-state index in [4.69, 9.17) is 4.74 Å². The van der Waals surface area contributed by atoms with E-state index in [2.05, 4.69) is 29.0 Å². The third kappa shape index (κ3) is 3.56. The van der Waals surface area contributed by atoms with Gasteiger partial charge in [0.1, 0.15) is 5.75 Å². The number of ether oxygens (including phenoxy) is 1. The number of benzene rings is 2. The van der Waals surface area contributed by atoms with Gasteiger partial charge in [0.2, 0.25) is 0 Å². The summed E-state index contributed by atoms with van der Waals surface area (Å²) in [4.78, 5) is 3.20. The lowest BCUT2D eigenvalue weighted by molar-refractivity contribution is 0.185. The van der Waals surface area contributed by atoms with Crippen molar-refractivity contribution in [1.29, 1.82) is 0 Å². The molecule has 150 valence electrons. The molecule has 0 saturated heterocycles. The van der Waals surface area contributed by atoms with Crippen LogP contribution in [0.25, 0.3) is 22.3 Å². The molecule has 0 saturated carbocycles. The minimum atomic E-state index is -0.196. The van der Waals surface area contributed by atoms with Gasteiger partial charge in [0.15, 0.2) is 5.82 Å². The topological polar surface area (TPSA) is 96.2 Å². The van der Waals surface area contributed by atoms with E-state index in [0.29, 0.717) is 30.5 Å². The minimum Gasteiger partial charge on any atom is -0.507 e. The smallest absolute Gasteiger partial charge is 0.315 e. The first-order valence-corrected chi connectivity index (χ1v) is 9.51. The Labute approximate surface area is 168 Å². The average molecular weight is 392 g/mol. The van der Waals surface area contributed by atoms with Gasteiger partial charge in [-0.05, 0) is 28.7 Å². The van der Waals surface area contributed by atoms with Crippen LogP contribution in [0.5, 0.6) is 11.8 Å². The number of nitrogens with one attached hydrogen (secondary N) is 1. The molecule has 0 bridgehead atoms. The van der Waals surface area contributed by atoms with Crippen molar-refractivity contribution in [2.24, 2.45) is 0 Å². The standard InChI is InChI=1S/C22H24N4O3/c1-13(2)18-10-23-19-9-20(27)17(8-16(18)19)21-24-25-22(28)26(21)11-14-4-6-15(7-5-14)12-29-3/h4-10,13,23,27H,11-12H2,1-3H3,(H,25,28). The summed E-state index contributed by atoms with van der Waals surface area (Å²) >= 11 is 0. The molecule has 2 heterocycles. The van der Waals surface area contributed by atoms with E-state index in [1.54, 1.807) is 17.7 Å². The van der Waals surface area contributed by atoms with Crippen molar-refractivity contribution in [1.82, 2.24) is 19.7 Å². The maximum absolute atomic E-state index is 10.6. The van der Waals surface area contributed by atoms with Crippen molar-refractivity contribution >= 4 is 10.9 Å². The van der Waals surface area contributed by atoms with Crippen molar-refractivity contribution in [3.05, 3.63) is 59.3 Å². The number of phenolic OH excluding ortho intramolecular Hbond substituents is 1. The summed E-state index contributed by atoms with van der Waals surface area (Å²) in [6, 6.07) is 11.3. The summed E-state index contributed by atoms with van der Waals surface area (Å²) in [6.45, 7) is 5.17. The predicted molar refractivity (Wildman–Crippen MR) is 111 cm³/mol. The molecule has 0 radical (unpaired) electrons. The van der Waals surface area contributed by atoms with Crippen molar-refractivity contribution in [3.63, 3.8) is 0 Å². The zero-order valence-electron chi connectivity index (χ0n) is 16.7. The number of methoxy groups -OCH3 is 1. The van der Waals surface area contributed by atoms with Crippen LogP contribution >= 0.6 is 0 Å². The summed E-state index contributed by atoms with van der Waals surface area (Å²) in [6.07, 6.45) is 1.96. The molecule has 2 aromatic heterocycles. The second-order valence-electron chi connectivity index (χ2n) is 7.47. The highest BCUT2D eigenvalue weighted by molar-refractivity contribution is 5.90. The fraction of sp³-hybridized carbons (Fsp3) is 0.273. The lowest BCUT2D eigenvalue weighted by Gasteiger charge is -2.11. The number of phenols is 1. The lowest BCUT2D eigenvalue weighted by atomic mass is 10.0. The average Bonchev–Trinajstić information content (AvgIpc) is 3.26. The highest BCUT2D eigenvalue weighted by Gasteiger charge is 2.19. The quantitative estimate of drug-likeness (QED) is 0.458. The van der Waals surface area contributed by atoms with Crippen molar-refractivity contribution in [3.8, 4) is 23.1 Å². The van der Waals surface area contributed by atoms with Gasteiger partial charge in [-0.1, -0.05) is 43.2 Å². The van der Waals surface area contributed by atoms with E-state index in [0.717, 1.165) is 27.6 Å². The number of aromatic nitrogens is 4. The van der Waals surface area contributed by atoms with E-state index >= 15 is 0 Å². The number of H-pyrrole nitrogens is 1. The van der Waals surface area contributed by atoms with Crippen LogP contribution in [0, 0.1) is 0 Å². The number of fused-ring (bicyclic) bond motifs is 1. The number of rotatable bonds is 6. The minimum absolute atomic E-state index is 0.0822. The maximum atomic E-state index is 10.6. The van der Waals surface area contributed by atoms with Gasteiger partial charge in [0.25, 0.3) is 0 Å². The molecule has 0 atom stereocenters. The summed E-state index contributed by atoms with van der Waals surface area (Å²) in [5, 5.41) is 29.9. The zero-order valence-corrected chi connectivity index (χ0v) is 16.7. The molecule has 0 aliphatic rings. The summed E-state index contributed by atoms with van der Waals surface area (Å²) in [5.41, 5.74) is 4.60. The number of hydrogen-bond donors (Lipinski definition) is 3. The van der Waals surface area contributed by atoms with Crippen LogP contribution in [0.15, 0.2) is 42.6 Å². The van der Waals surface area contributed by atoms with Crippen LogP contribution in [0.2, 0.25) is 0 Å². The molecular formula is C22H24N4O3. The molecule has 0 fully saturated rings. The Kier molecular flexibility index (Phi) is 4.98. The van der Waals surface area contributed by atoms with Crippen LogP contribution < -0.4 is 0 Å². The molecule has 3 N–H and O–H groups in total. The Balaban J connectivity index is 1.75. The van der Waals surface area contributed by atoms with Gasteiger partial charge in [0.05, 0.1) is 18.7 Å².